The van der Waals surface area contributed by atoms with E-state index in [2.05, 4.69) is 60.7 Å². The second-order valence-corrected chi connectivity index (χ2v) is 8.71. The number of amides is 1. The highest BCUT2D eigenvalue weighted by molar-refractivity contribution is 9.10. The van der Waals surface area contributed by atoms with Gasteiger partial charge in [-0.25, -0.2) is 5.43 Å². The summed E-state index contributed by atoms with van der Waals surface area (Å²) in [6.07, 6.45) is 1.70. The van der Waals surface area contributed by atoms with Crippen LogP contribution in [0.3, 0.4) is 0 Å². The van der Waals surface area contributed by atoms with E-state index in [9.17, 15) is 4.79 Å². The second kappa shape index (κ2) is 9.01. The minimum Gasteiger partial charge on any atom is -0.318 e. The third-order valence-corrected chi connectivity index (χ3v) is 6.14. The van der Waals surface area contributed by atoms with Crippen LogP contribution in [-0.4, -0.2) is 21.3 Å². The van der Waals surface area contributed by atoms with E-state index >= 15 is 0 Å². The molecule has 1 N–H and O–H groups in total. The van der Waals surface area contributed by atoms with Crippen molar-refractivity contribution in [2.45, 2.75) is 27.7 Å². The van der Waals surface area contributed by atoms with Gasteiger partial charge in [-0.2, -0.15) is 5.10 Å². The lowest BCUT2D eigenvalue weighted by Gasteiger charge is -2.09. The smallest absolute Gasteiger partial charge is 0.273 e. The molecule has 0 fully saturated rings. The number of halogens is 1. The summed E-state index contributed by atoms with van der Waals surface area (Å²) in [5.74, 6) is -0.224. The molecule has 0 unspecified atom stereocenters. The molecule has 0 aliphatic rings. The van der Waals surface area contributed by atoms with Gasteiger partial charge < -0.3 is 9.13 Å². The lowest BCUT2D eigenvalue weighted by atomic mass is 10.2. The van der Waals surface area contributed by atoms with Crippen LogP contribution in [0.4, 0.5) is 0 Å². The summed E-state index contributed by atoms with van der Waals surface area (Å²) in [7, 11) is 0. The maximum atomic E-state index is 12.8. The lowest BCUT2D eigenvalue weighted by molar-refractivity contribution is 0.0954. The minimum atomic E-state index is -0.224. The number of nitrogens with one attached hydrogen (secondary N) is 1. The first-order valence-electron chi connectivity index (χ1n) is 10.4. The van der Waals surface area contributed by atoms with Crippen molar-refractivity contribution in [1.29, 1.82) is 0 Å². The topological polar surface area (TPSA) is 51.3 Å². The second-order valence-electron chi connectivity index (χ2n) is 7.79. The Morgan fingerprint density at radius 3 is 2.12 bits per heavy atom. The normalized spacial score (nSPS) is 11.3. The van der Waals surface area contributed by atoms with Crippen molar-refractivity contribution < 1.29 is 4.79 Å². The van der Waals surface area contributed by atoms with E-state index in [0.717, 1.165) is 44.2 Å². The molecule has 0 spiro atoms. The van der Waals surface area contributed by atoms with Crippen LogP contribution in [0, 0.1) is 27.7 Å². The quantitative estimate of drug-likeness (QED) is 0.270. The molecular formula is C26H25BrN4O. The number of benzene rings is 2. The molecule has 2 aromatic heterocycles. The number of hydrazone groups is 1. The maximum Gasteiger partial charge on any atom is 0.273 e. The fourth-order valence-corrected chi connectivity index (χ4v) is 4.36. The number of carbonyl (C=O) groups is 1. The van der Waals surface area contributed by atoms with Gasteiger partial charge in [0.05, 0.1) is 11.8 Å². The molecule has 0 saturated heterocycles. The Hall–Kier alpha value is -3.38. The summed E-state index contributed by atoms with van der Waals surface area (Å²) in [4.78, 5) is 12.8. The van der Waals surface area contributed by atoms with Crippen molar-refractivity contribution in [3.63, 3.8) is 0 Å². The van der Waals surface area contributed by atoms with Crippen molar-refractivity contribution >= 4 is 28.1 Å². The van der Waals surface area contributed by atoms with Gasteiger partial charge in [-0.05, 0) is 76.2 Å². The van der Waals surface area contributed by atoms with Crippen molar-refractivity contribution in [2.24, 2.45) is 5.10 Å². The molecule has 2 aromatic carbocycles. The Balaban J connectivity index is 1.54. The minimum absolute atomic E-state index is 0.224. The van der Waals surface area contributed by atoms with E-state index in [1.807, 2.05) is 69.3 Å². The Kier molecular flexibility index (Phi) is 6.15. The summed E-state index contributed by atoms with van der Waals surface area (Å²) in [5.41, 5.74) is 10.4. The summed E-state index contributed by atoms with van der Waals surface area (Å²) < 4.78 is 5.29. The fourth-order valence-electron chi connectivity index (χ4n) is 4.09. The van der Waals surface area contributed by atoms with Crippen LogP contribution >= 0.6 is 15.9 Å². The van der Waals surface area contributed by atoms with E-state index in [-0.39, 0.29) is 5.91 Å². The van der Waals surface area contributed by atoms with E-state index in [4.69, 9.17) is 0 Å². The number of hydrogen-bond donors (Lipinski definition) is 1. The molecule has 6 heteroatoms. The van der Waals surface area contributed by atoms with Gasteiger partial charge in [0.2, 0.25) is 0 Å². The molecule has 0 atom stereocenters. The average molecular weight is 489 g/mol. The molecule has 0 radical (unpaired) electrons. The Morgan fingerprint density at radius 1 is 0.844 bits per heavy atom. The largest absolute Gasteiger partial charge is 0.318 e. The first-order valence-corrected chi connectivity index (χ1v) is 11.2. The molecule has 0 aliphatic carbocycles. The number of nitrogens with zero attached hydrogens (tertiary/aromatic N) is 3. The first-order chi connectivity index (χ1) is 15.4. The number of rotatable bonds is 5. The number of hydrogen-bond acceptors (Lipinski definition) is 2. The highest BCUT2D eigenvalue weighted by Crippen LogP contribution is 2.22. The molecule has 1 amide bonds. The van der Waals surface area contributed by atoms with Gasteiger partial charge in [-0.15, -0.1) is 0 Å². The molecule has 0 saturated carbocycles. The van der Waals surface area contributed by atoms with Gasteiger partial charge in [0.25, 0.3) is 5.91 Å². The zero-order valence-electron chi connectivity index (χ0n) is 18.6. The maximum absolute atomic E-state index is 12.8. The standard InChI is InChI=1S/C26H25BrN4O/c1-17-14-21(19(3)30(17)24-12-10-22(27)11-13-24)16-28-29-26(32)25-15-18(2)31(20(25)4)23-8-6-5-7-9-23/h5-16H,1-4H3,(H,29,32). The zero-order chi connectivity index (χ0) is 22.8. The monoisotopic (exact) mass is 488 g/mol. The van der Waals surface area contributed by atoms with Gasteiger partial charge in [0, 0.05) is 44.2 Å². The predicted octanol–water partition coefficient (Wildman–Crippen LogP) is 6.03. The summed E-state index contributed by atoms with van der Waals surface area (Å²) >= 11 is 3.48. The van der Waals surface area contributed by atoms with Crippen molar-refractivity contribution in [3.05, 3.63) is 105 Å². The van der Waals surface area contributed by atoms with E-state index in [1.165, 1.54) is 0 Å². The molecule has 5 nitrogen and oxygen atoms in total. The zero-order valence-corrected chi connectivity index (χ0v) is 20.1. The fraction of sp³-hybridized carbons (Fsp3) is 0.154. The van der Waals surface area contributed by atoms with Gasteiger partial charge in [0.15, 0.2) is 0 Å². The van der Waals surface area contributed by atoms with Gasteiger partial charge in [-0.3, -0.25) is 4.79 Å². The van der Waals surface area contributed by atoms with Crippen LogP contribution in [0.2, 0.25) is 0 Å². The SMILES string of the molecule is Cc1cc(C=NNC(=O)c2cc(C)n(-c3ccccc3)c2C)c(C)n1-c1ccc(Br)cc1. The predicted molar refractivity (Wildman–Crippen MR) is 133 cm³/mol. The lowest BCUT2D eigenvalue weighted by Crippen LogP contribution is -2.18. The number of aromatic nitrogens is 2. The van der Waals surface area contributed by atoms with Crippen LogP contribution in [0.15, 0.2) is 76.3 Å². The third kappa shape index (κ3) is 4.18. The molecule has 0 aliphatic heterocycles. The van der Waals surface area contributed by atoms with Crippen LogP contribution in [0.1, 0.15) is 38.7 Å². The van der Waals surface area contributed by atoms with Crippen LogP contribution in [0.25, 0.3) is 11.4 Å². The van der Waals surface area contributed by atoms with Gasteiger partial charge in [0.1, 0.15) is 0 Å². The molecule has 162 valence electrons. The molecule has 4 rings (SSSR count). The molecular weight excluding hydrogens is 464 g/mol. The van der Waals surface area contributed by atoms with Crippen molar-refractivity contribution in [1.82, 2.24) is 14.6 Å². The number of aryl methyl sites for hydroxylation is 2. The van der Waals surface area contributed by atoms with Crippen LogP contribution < -0.4 is 5.43 Å². The first kappa shape index (κ1) is 21.8. The van der Waals surface area contributed by atoms with Crippen molar-refractivity contribution in [3.8, 4) is 11.4 Å². The summed E-state index contributed by atoms with van der Waals surface area (Å²) in [5, 5.41) is 4.24. The van der Waals surface area contributed by atoms with Gasteiger partial charge in [-0.1, -0.05) is 34.1 Å². The van der Waals surface area contributed by atoms with Gasteiger partial charge >= 0.3 is 0 Å². The number of para-hydroxylation sites is 1. The Morgan fingerprint density at radius 2 is 1.44 bits per heavy atom. The van der Waals surface area contributed by atoms with E-state index in [1.54, 1.807) is 6.21 Å². The summed E-state index contributed by atoms with van der Waals surface area (Å²) in [6.45, 7) is 8.05. The Labute approximate surface area is 196 Å². The third-order valence-electron chi connectivity index (χ3n) is 5.61. The molecule has 4 aromatic rings. The molecule has 0 bridgehead atoms. The number of carbonyl (C=O) groups excluding carboxylic acids is 1. The average Bonchev–Trinajstić information content (AvgIpc) is 3.23. The Bertz CT molecular complexity index is 1300. The van der Waals surface area contributed by atoms with Crippen LogP contribution in [-0.2, 0) is 0 Å². The molecule has 2 heterocycles. The van der Waals surface area contributed by atoms with E-state index < -0.39 is 0 Å². The highest BCUT2D eigenvalue weighted by atomic mass is 79.9. The molecule has 32 heavy (non-hydrogen) atoms. The summed E-state index contributed by atoms with van der Waals surface area (Å²) in [6, 6.07) is 22.1. The van der Waals surface area contributed by atoms with E-state index in [0.29, 0.717) is 5.56 Å². The van der Waals surface area contributed by atoms with Crippen LogP contribution in [0.5, 0.6) is 0 Å². The highest BCUT2D eigenvalue weighted by Gasteiger charge is 2.16. The van der Waals surface area contributed by atoms with Crippen molar-refractivity contribution in [2.75, 3.05) is 0 Å².